The van der Waals surface area contributed by atoms with E-state index in [4.69, 9.17) is 4.74 Å². The largest absolute Gasteiger partial charge is 0.375 e. The first kappa shape index (κ1) is 12.2. The Balaban J connectivity index is 1.71. The highest BCUT2D eigenvalue weighted by Gasteiger charge is 2.30. The summed E-state index contributed by atoms with van der Waals surface area (Å²) in [5.74, 6) is 0. The lowest BCUT2D eigenvalue weighted by Crippen LogP contribution is -2.32. The summed E-state index contributed by atoms with van der Waals surface area (Å²) in [6, 6.07) is 0. The van der Waals surface area contributed by atoms with Crippen LogP contribution in [0.1, 0.15) is 64.7 Å². The molecule has 0 aromatic heterocycles. The fourth-order valence-corrected chi connectivity index (χ4v) is 3.43. The molecule has 0 aromatic rings. The Morgan fingerprint density at radius 1 is 0.933 bits per heavy atom. The van der Waals surface area contributed by atoms with Gasteiger partial charge in [-0.2, -0.15) is 0 Å². The van der Waals surface area contributed by atoms with E-state index in [0.717, 1.165) is 0 Å². The highest BCUT2D eigenvalue weighted by molar-refractivity contribution is 14.1. The fourth-order valence-electron chi connectivity index (χ4n) is 2.80. The van der Waals surface area contributed by atoms with Gasteiger partial charge >= 0.3 is 0 Å². The molecule has 0 bridgehead atoms. The Morgan fingerprint density at radius 2 is 1.47 bits per heavy atom. The van der Waals surface area contributed by atoms with Crippen LogP contribution >= 0.6 is 22.6 Å². The summed E-state index contributed by atoms with van der Waals surface area (Å²) < 4.78 is 6.77. The van der Waals surface area contributed by atoms with Crippen LogP contribution in [-0.2, 0) is 4.74 Å². The van der Waals surface area contributed by atoms with Crippen molar-refractivity contribution in [1.29, 1.82) is 0 Å². The van der Waals surface area contributed by atoms with Crippen molar-refractivity contribution in [3.8, 4) is 0 Å². The van der Waals surface area contributed by atoms with Gasteiger partial charge in [-0.3, -0.25) is 0 Å². The van der Waals surface area contributed by atoms with Gasteiger partial charge in [-0.15, -0.1) is 0 Å². The minimum Gasteiger partial charge on any atom is -0.375 e. The molecule has 2 heteroatoms. The highest BCUT2D eigenvalue weighted by atomic mass is 127. The normalized spacial score (nSPS) is 39.2. The topological polar surface area (TPSA) is 9.23 Å². The zero-order valence-corrected chi connectivity index (χ0v) is 12.0. The Bertz CT molecular complexity index is 187. The predicted molar refractivity (Wildman–Crippen MR) is 72.6 cm³/mol. The molecule has 2 fully saturated rings. The van der Waals surface area contributed by atoms with Gasteiger partial charge in [0.2, 0.25) is 0 Å². The maximum Gasteiger partial charge on any atom is 0.0579 e. The van der Waals surface area contributed by atoms with Crippen molar-refractivity contribution in [2.24, 2.45) is 0 Å². The SMILES string of the molecule is CC1(I)CCC(OC2CCCCC2)CC1. The van der Waals surface area contributed by atoms with E-state index in [1.807, 2.05) is 0 Å². The van der Waals surface area contributed by atoms with Crippen molar-refractivity contribution >= 4 is 22.6 Å². The summed E-state index contributed by atoms with van der Waals surface area (Å²) in [7, 11) is 0. The second-order valence-electron chi connectivity index (χ2n) is 5.51. The molecule has 0 heterocycles. The van der Waals surface area contributed by atoms with Gasteiger partial charge in [0.05, 0.1) is 12.2 Å². The Morgan fingerprint density at radius 3 is 2.07 bits per heavy atom. The first-order chi connectivity index (χ1) is 7.16. The Labute approximate surface area is 107 Å². The van der Waals surface area contributed by atoms with Crippen LogP contribution < -0.4 is 0 Å². The summed E-state index contributed by atoms with van der Waals surface area (Å²) in [5, 5.41) is 0. The van der Waals surface area contributed by atoms with Crippen LogP contribution in [0, 0.1) is 0 Å². The third kappa shape index (κ3) is 3.88. The van der Waals surface area contributed by atoms with Gasteiger partial charge in [0.1, 0.15) is 0 Å². The maximum absolute atomic E-state index is 6.22. The average molecular weight is 322 g/mol. The second-order valence-corrected chi connectivity index (χ2v) is 8.11. The minimum atomic E-state index is 0.546. The van der Waals surface area contributed by atoms with Crippen LogP contribution in [0.2, 0.25) is 0 Å². The maximum atomic E-state index is 6.22. The van der Waals surface area contributed by atoms with Crippen molar-refractivity contribution in [3.05, 3.63) is 0 Å². The number of alkyl halides is 1. The molecule has 15 heavy (non-hydrogen) atoms. The average Bonchev–Trinajstić information content (AvgIpc) is 2.23. The van der Waals surface area contributed by atoms with Gasteiger partial charge in [-0.1, -0.05) is 48.8 Å². The first-order valence-electron chi connectivity index (χ1n) is 6.50. The van der Waals surface area contributed by atoms with E-state index in [-0.39, 0.29) is 0 Å². The van der Waals surface area contributed by atoms with E-state index in [1.54, 1.807) is 0 Å². The molecule has 88 valence electrons. The van der Waals surface area contributed by atoms with Crippen molar-refractivity contribution in [1.82, 2.24) is 0 Å². The Hall–Kier alpha value is 0.690. The molecule has 0 aromatic carbocycles. The number of halogens is 1. The standard InChI is InChI=1S/C13H23IO/c1-13(14)9-7-12(8-10-13)15-11-5-3-2-4-6-11/h11-12H,2-10H2,1H3. The fraction of sp³-hybridized carbons (Fsp3) is 1.00. The molecule has 2 saturated carbocycles. The van der Waals surface area contributed by atoms with E-state index >= 15 is 0 Å². The van der Waals surface area contributed by atoms with Crippen LogP contribution in [0.25, 0.3) is 0 Å². The van der Waals surface area contributed by atoms with Gasteiger partial charge in [-0.05, 0) is 38.5 Å². The molecule has 0 aliphatic heterocycles. The summed E-state index contributed by atoms with van der Waals surface area (Å²) in [4.78, 5) is 0. The predicted octanol–water partition coefficient (Wildman–Crippen LogP) is 4.47. The Kier molecular flexibility index (Phi) is 4.33. The summed E-state index contributed by atoms with van der Waals surface area (Å²) in [5.41, 5.74) is 0. The number of ether oxygens (including phenoxy) is 1. The third-order valence-electron chi connectivity index (χ3n) is 3.91. The smallest absolute Gasteiger partial charge is 0.0579 e. The lowest BCUT2D eigenvalue weighted by atomic mass is 9.88. The molecule has 0 saturated heterocycles. The number of hydrogen-bond acceptors (Lipinski definition) is 1. The van der Waals surface area contributed by atoms with Gasteiger partial charge in [-0.25, -0.2) is 0 Å². The van der Waals surface area contributed by atoms with Crippen LogP contribution in [0.4, 0.5) is 0 Å². The molecule has 2 rings (SSSR count). The lowest BCUT2D eigenvalue weighted by Gasteiger charge is -2.35. The lowest BCUT2D eigenvalue weighted by molar-refractivity contribution is -0.0471. The molecule has 0 unspecified atom stereocenters. The van der Waals surface area contributed by atoms with E-state index in [1.165, 1.54) is 57.8 Å². The second kappa shape index (κ2) is 5.35. The molecule has 0 spiro atoms. The van der Waals surface area contributed by atoms with Crippen LogP contribution in [0.15, 0.2) is 0 Å². The van der Waals surface area contributed by atoms with Crippen molar-refractivity contribution < 1.29 is 4.74 Å². The van der Waals surface area contributed by atoms with E-state index < -0.39 is 0 Å². The van der Waals surface area contributed by atoms with Gasteiger partial charge in [0, 0.05) is 3.42 Å². The summed E-state index contributed by atoms with van der Waals surface area (Å²) in [6.07, 6.45) is 13.3. The molecule has 2 aliphatic carbocycles. The quantitative estimate of drug-likeness (QED) is 0.538. The first-order valence-corrected chi connectivity index (χ1v) is 7.58. The van der Waals surface area contributed by atoms with Gasteiger partial charge in [0.15, 0.2) is 0 Å². The molecular weight excluding hydrogens is 299 g/mol. The molecule has 1 nitrogen and oxygen atoms in total. The number of rotatable bonds is 2. The monoisotopic (exact) mass is 322 g/mol. The van der Waals surface area contributed by atoms with E-state index in [2.05, 4.69) is 29.5 Å². The highest BCUT2D eigenvalue weighted by Crippen LogP contribution is 2.37. The van der Waals surface area contributed by atoms with Gasteiger partial charge < -0.3 is 4.74 Å². The van der Waals surface area contributed by atoms with Crippen molar-refractivity contribution in [2.75, 3.05) is 0 Å². The summed E-state index contributed by atoms with van der Waals surface area (Å²) >= 11 is 2.62. The molecule has 0 amide bonds. The zero-order valence-electron chi connectivity index (χ0n) is 9.80. The van der Waals surface area contributed by atoms with Crippen LogP contribution in [-0.4, -0.2) is 15.6 Å². The van der Waals surface area contributed by atoms with Crippen LogP contribution in [0.3, 0.4) is 0 Å². The molecule has 2 aliphatic rings. The van der Waals surface area contributed by atoms with Crippen molar-refractivity contribution in [3.63, 3.8) is 0 Å². The zero-order chi connectivity index (χ0) is 10.7. The summed E-state index contributed by atoms with van der Waals surface area (Å²) in [6.45, 7) is 2.38. The molecular formula is C13H23IO. The third-order valence-corrected chi connectivity index (χ3v) is 4.99. The van der Waals surface area contributed by atoms with E-state index in [9.17, 15) is 0 Å². The number of hydrogen-bond donors (Lipinski definition) is 0. The van der Waals surface area contributed by atoms with Crippen molar-refractivity contribution in [2.45, 2.75) is 80.3 Å². The molecule has 0 atom stereocenters. The minimum absolute atomic E-state index is 0.546. The van der Waals surface area contributed by atoms with Crippen LogP contribution in [0.5, 0.6) is 0 Å². The van der Waals surface area contributed by atoms with E-state index in [0.29, 0.717) is 15.6 Å². The molecule has 0 radical (unpaired) electrons. The molecule has 0 N–H and O–H groups in total. The van der Waals surface area contributed by atoms with Gasteiger partial charge in [0.25, 0.3) is 0 Å².